The predicted molar refractivity (Wildman–Crippen MR) is 121 cm³/mol. The second-order valence-corrected chi connectivity index (χ2v) is 7.21. The minimum absolute atomic E-state index is 0.0569. The van der Waals surface area contributed by atoms with Gasteiger partial charge in [-0.15, -0.1) is 0 Å². The highest BCUT2D eigenvalue weighted by atomic mass is 19.1. The van der Waals surface area contributed by atoms with Crippen molar-refractivity contribution in [1.82, 2.24) is 4.57 Å². The number of fused-ring (bicyclic) bond motifs is 2. The molecule has 0 radical (unpaired) electrons. The van der Waals surface area contributed by atoms with Crippen molar-refractivity contribution in [3.8, 4) is 11.1 Å². The Morgan fingerprint density at radius 2 is 1.81 bits per heavy atom. The van der Waals surface area contributed by atoms with Crippen LogP contribution < -0.4 is 11.5 Å². The highest BCUT2D eigenvalue weighted by molar-refractivity contribution is 6.07. The summed E-state index contributed by atoms with van der Waals surface area (Å²) in [7, 11) is 1.86. The molecular formula is C24H23FN4O2. The van der Waals surface area contributed by atoms with Gasteiger partial charge in [0.15, 0.2) is 5.96 Å². The van der Waals surface area contributed by atoms with E-state index < -0.39 is 5.97 Å². The molecular weight excluding hydrogens is 395 g/mol. The van der Waals surface area contributed by atoms with Crippen LogP contribution in [0.3, 0.4) is 0 Å². The number of esters is 1. The highest BCUT2D eigenvalue weighted by Gasteiger charge is 2.22. The molecule has 0 bridgehead atoms. The van der Waals surface area contributed by atoms with Crippen molar-refractivity contribution in [2.75, 3.05) is 6.61 Å². The lowest BCUT2D eigenvalue weighted by atomic mass is 9.97. The van der Waals surface area contributed by atoms with Crippen LogP contribution >= 0.6 is 0 Å². The minimum Gasteiger partial charge on any atom is -0.462 e. The van der Waals surface area contributed by atoms with E-state index in [1.807, 2.05) is 48.0 Å². The molecule has 1 aromatic heterocycles. The molecule has 1 heterocycles. The monoisotopic (exact) mass is 418 g/mol. The molecule has 0 saturated carbocycles. The van der Waals surface area contributed by atoms with Crippen LogP contribution in [0.15, 0.2) is 59.6 Å². The summed E-state index contributed by atoms with van der Waals surface area (Å²) in [5, 5.41) is 2.13. The molecule has 0 aliphatic carbocycles. The van der Waals surface area contributed by atoms with Gasteiger partial charge in [-0.3, -0.25) is 0 Å². The van der Waals surface area contributed by atoms with Gasteiger partial charge in [0.05, 0.1) is 24.4 Å². The molecule has 158 valence electrons. The second-order valence-electron chi connectivity index (χ2n) is 7.21. The van der Waals surface area contributed by atoms with Crippen LogP contribution in [0.2, 0.25) is 0 Å². The third-order valence-electron chi connectivity index (χ3n) is 5.39. The van der Waals surface area contributed by atoms with Crippen molar-refractivity contribution in [3.05, 3.63) is 71.7 Å². The Kier molecular flexibility index (Phi) is 5.33. The first-order valence-corrected chi connectivity index (χ1v) is 9.93. The molecule has 7 heteroatoms. The summed E-state index contributed by atoms with van der Waals surface area (Å²) in [4.78, 5) is 16.8. The fourth-order valence-electron chi connectivity index (χ4n) is 3.96. The fraction of sp³-hybridized carbons (Fsp3) is 0.167. The van der Waals surface area contributed by atoms with Gasteiger partial charge >= 0.3 is 5.97 Å². The average Bonchev–Trinajstić information content (AvgIpc) is 3.03. The number of nitrogens with zero attached hydrogens (tertiary/aromatic N) is 2. The van der Waals surface area contributed by atoms with Crippen LogP contribution in [-0.4, -0.2) is 23.1 Å². The first kappa shape index (κ1) is 20.4. The molecule has 0 aliphatic rings. The number of hydrogen-bond acceptors (Lipinski definition) is 3. The molecule has 0 fully saturated rings. The summed E-state index contributed by atoms with van der Waals surface area (Å²) in [5.74, 6) is -0.740. The first-order chi connectivity index (χ1) is 14.9. The number of carbonyl (C=O) groups excluding carboxylic acids is 1. The Morgan fingerprint density at radius 3 is 2.55 bits per heavy atom. The Labute approximate surface area is 178 Å². The molecule has 3 aromatic carbocycles. The van der Waals surface area contributed by atoms with E-state index in [4.69, 9.17) is 16.2 Å². The second kappa shape index (κ2) is 8.10. The summed E-state index contributed by atoms with van der Waals surface area (Å²) < 4.78 is 21.4. The number of carbonyl (C=O) groups is 1. The number of aliphatic imine (C=N–C) groups is 1. The number of nitrogens with two attached hydrogens (primary N) is 2. The normalized spacial score (nSPS) is 11.1. The number of benzene rings is 3. The molecule has 4 aromatic rings. The summed E-state index contributed by atoms with van der Waals surface area (Å²) in [5.41, 5.74) is 14.8. The smallest absolute Gasteiger partial charge is 0.340 e. The van der Waals surface area contributed by atoms with Gasteiger partial charge in [-0.05, 0) is 35.6 Å². The quantitative estimate of drug-likeness (QED) is 0.290. The average molecular weight is 418 g/mol. The zero-order chi connectivity index (χ0) is 22.1. The van der Waals surface area contributed by atoms with Crippen LogP contribution in [0.1, 0.15) is 23.0 Å². The Bertz CT molecular complexity index is 1340. The van der Waals surface area contributed by atoms with Gasteiger partial charge in [-0.25, -0.2) is 14.2 Å². The molecule has 0 amide bonds. The number of aryl methyl sites for hydroxylation is 1. The van der Waals surface area contributed by atoms with E-state index in [0.717, 1.165) is 27.4 Å². The molecule has 0 atom stereocenters. The maximum atomic E-state index is 14.3. The van der Waals surface area contributed by atoms with Crippen molar-refractivity contribution in [1.29, 1.82) is 0 Å². The van der Waals surface area contributed by atoms with E-state index in [-0.39, 0.29) is 24.9 Å². The van der Waals surface area contributed by atoms with E-state index in [0.29, 0.717) is 16.6 Å². The zero-order valence-corrected chi connectivity index (χ0v) is 17.4. The minimum atomic E-state index is -0.422. The van der Waals surface area contributed by atoms with Crippen molar-refractivity contribution >= 4 is 33.6 Å². The lowest BCUT2D eigenvalue weighted by Crippen LogP contribution is -2.23. The Hall–Kier alpha value is -3.87. The first-order valence-electron chi connectivity index (χ1n) is 9.93. The van der Waals surface area contributed by atoms with Gasteiger partial charge in [0, 0.05) is 23.3 Å². The molecule has 0 unspecified atom stereocenters. The van der Waals surface area contributed by atoms with Crippen LogP contribution in [0, 0.1) is 5.82 Å². The van der Waals surface area contributed by atoms with E-state index in [9.17, 15) is 9.18 Å². The number of halogens is 1. The predicted octanol–water partition coefficient (Wildman–Crippen LogP) is 4.09. The molecule has 4 rings (SSSR count). The fourth-order valence-corrected chi connectivity index (χ4v) is 3.96. The van der Waals surface area contributed by atoms with Gasteiger partial charge in [-0.2, -0.15) is 0 Å². The number of aromatic nitrogens is 1. The van der Waals surface area contributed by atoms with Crippen LogP contribution in [0.5, 0.6) is 0 Å². The molecule has 6 nitrogen and oxygen atoms in total. The largest absolute Gasteiger partial charge is 0.462 e. The summed E-state index contributed by atoms with van der Waals surface area (Å²) in [6.45, 7) is 2.17. The number of ether oxygens (including phenoxy) is 1. The van der Waals surface area contributed by atoms with Crippen molar-refractivity contribution in [2.45, 2.75) is 13.5 Å². The van der Waals surface area contributed by atoms with Crippen LogP contribution in [0.25, 0.3) is 32.8 Å². The standard InChI is InChI=1S/C24H23FN4O2/c1-3-31-23(30)22-18-11-10-14(12-20(18)29(2)21(22)13-28-24(26)27)15-6-4-8-17-16(15)7-5-9-19(17)25/h4-12H,3,13H2,1-2H3,(H4,26,27,28). The lowest BCUT2D eigenvalue weighted by Gasteiger charge is -2.09. The van der Waals surface area contributed by atoms with E-state index in [2.05, 4.69) is 4.99 Å². The van der Waals surface area contributed by atoms with Gasteiger partial charge in [-0.1, -0.05) is 42.5 Å². The SMILES string of the molecule is CCOC(=O)c1c(CN=C(N)N)n(C)c2cc(-c3cccc4c(F)cccc34)ccc12. The van der Waals surface area contributed by atoms with Crippen LogP contribution in [-0.2, 0) is 18.3 Å². The van der Waals surface area contributed by atoms with Crippen LogP contribution in [0.4, 0.5) is 4.39 Å². The number of hydrogen-bond donors (Lipinski definition) is 2. The summed E-state index contributed by atoms with van der Waals surface area (Å²) >= 11 is 0. The van der Waals surface area contributed by atoms with Gasteiger partial charge < -0.3 is 20.8 Å². The molecule has 0 spiro atoms. The zero-order valence-electron chi connectivity index (χ0n) is 17.4. The van der Waals surface area contributed by atoms with Crippen molar-refractivity contribution < 1.29 is 13.9 Å². The molecule has 4 N–H and O–H groups in total. The third-order valence-corrected chi connectivity index (χ3v) is 5.39. The maximum Gasteiger partial charge on any atom is 0.340 e. The maximum absolute atomic E-state index is 14.3. The molecule has 31 heavy (non-hydrogen) atoms. The lowest BCUT2D eigenvalue weighted by molar-refractivity contribution is 0.0527. The molecule has 0 saturated heterocycles. The Balaban J connectivity index is 1.95. The van der Waals surface area contributed by atoms with Crippen molar-refractivity contribution in [3.63, 3.8) is 0 Å². The van der Waals surface area contributed by atoms with Crippen molar-refractivity contribution in [2.24, 2.45) is 23.5 Å². The Morgan fingerprint density at radius 1 is 1.06 bits per heavy atom. The third kappa shape index (κ3) is 3.59. The topological polar surface area (TPSA) is 95.6 Å². The highest BCUT2D eigenvalue weighted by Crippen LogP contribution is 2.34. The van der Waals surface area contributed by atoms with Gasteiger partial charge in [0.1, 0.15) is 5.82 Å². The summed E-state index contributed by atoms with van der Waals surface area (Å²) in [6, 6.07) is 16.4. The van der Waals surface area contributed by atoms with Gasteiger partial charge in [0.25, 0.3) is 0 Å². The van der Waals surface area contributed by atoms with E-state index >= 15 is 0 Å². The number of guanidine groups is 1. The van der Waals surface area contributed by atoms with E-state index in [1.54, 1.807) is 19.1 Å². The number of rotatable bonds is 5. The summed E-state index contributed by atoms with van der Waals surface area (Å²) in [6.07, 6.45) is 0. The van der Waals surface area contributed by atoms with E-state index in [1.165, 1.54) is 6.07 Å². The van der Waals surface area contributed by atoms with Gasteiger partial charge in [0.2, 0.25) is 0 Å². The molecule has 0 aliphatic heterocycles.